The van der Waals surface area contributed by atoms with E-state index in [1.54, 1.807) is 10.9 Å². The van der Waals surface area contributed by atoms with Crippen molar-refractivity contribution in [3.8, 4) is 0 Å². The van der Waals surface area contributed by atoms with Gasteiger partial charge in [0.1, 0.15) is 0 Å². The predicted molar refractivity (Wildman–Crippen MR) is 62.6 cm³/mol. The molecule has 0 bridgehead atoms. The van der Waals surface area contributed by atoms with Crippen molar-refractivity contribution >= 4 is 10.0 Å². The van der Waals surface area contributed by atoms with Crippen LogP contribution in [0.3, 0.4) is 0 Å². The zero-order valence-corrected chi connectivity index (χ0v) is 10.6. The molecule has 1 aliphatic heterocycles. The van der Waals surface area contributed by atoms with E-state index in [9.17, 15) is 8.42 Å². The minimum atomic E-state index is -3.12. The highest BCUT2D eigenvalue weighted by Gasteiger charge is 2.27. The molecule has 1 aromatic heterocycles. The molecule has 0 spiro atoms. The first-order valence-electron chi connectivity index (χ1n) is 5.56. The molecule has 0 amide bonds. The summed E-state index contributed by atoms with van der Waals surface area (Å²) >= 11 is 0. The molecule has 1 fully saturated rings. The number of hydrogen-bond donors (Lipinski definition) is 1. The van der Waals surface area contributed by atoms with Crippen LogP contribution in [0, 0.1) is 0 Å². The van der Waals surface area contributed by atoms with Crippen LogP contribution in [0.2, 0.25) is 0 Å². The maximum Gasteiger partial charge on any atom is 0.211 e. The molecule has 1 unspecified atom stereocenters. The van der Waals surface area contributed by atoms with E-state index in [0.29, 0.717) is 19.6 Å². The molecule has 0 aromatic carbocycles. The van der Waals surface area contributed by atoms with Gasteiger partial charge in [0.2, 0.25) is 10.0 Å². The van der Waals surface area contributed by atoms with Gasteiger partial charge in [0.25, 0.3) is 0 Å². The SMILES string of the molecule is CS(=O)(=O)N1CCCC(n2cc(CN)nn2)C1. The lowest BCUT2D eigenvalue weighted by molar-refractivity contribution is 0.252. The average molecular weight is 259 g/mol. The van der Waals surface area contributed by atoms with E-state index in [0.717, 1.165) is 18.5 Å². The molecule has 1 aromatic rings. The molecule has 1 atom stereocenters. The van der Waals surface area contributed by atoms with Crippen molar-refractivity contribution in [1.29, 1.82) is 0 Å². The van der Waals surface area contributed by atoms with Crippen molar-refractivity contribution in [3.05, 3.63) is 11.9 Å². The summed E-state index contributed by atoms with van der Waals surface area (Å²) in [6.45, 7) is 1.41. The van der Waals surface area contributed by atoms with E-state index in [4.69, 9.17) is 5.73 Å². The van der Waals surface area contributed by atoms with Gasteiger partial charge in [-0.15, -0.1) is 5.10 Å². The van der Waals surface area contributed by atoms with Gasteiger partial charge in [-0.05, 0) is 12.8 Å². The third-order valence-corrected chi connectivity index (χ3v) is 4.24. The molecule has 2 rings (SSSR count). The van der Waals surface area contributed by atoms with Crippen molar-refractivity contribution in [3.63, 3.8) is 0 Å². The lowest BCUT2D eigenvalue weighted by atomic mass is 10.1. The van der Waals surface area contributed by atoms with Crippen LogP contribution in [0.15, 0.2) is 6.20 Å². The van der Waals surface area contributed by atoms with Gasteiger partial charge in [-0.25, -0.2) is 17.4 Å². The standard InChI is InChI=1S/C9H17N5O2S/c1-17(15,16)13-4-2-3-9(7-13)14-6-8(5-10)11-12-14/h6,9H,2-5,7,10H2,1H3. The molecule has 2 heterocycles. The minimum Gasteiger partial charge on any atom is -0.325 e. The molecule has 0 radical (unpaired) electrons. The van der Waals surface area contributed by atoms with E-state index < -0.39 is 10.0 Å². The number of aromatic nitrogens is 3. The number of sulfonamides is 1. The topological polar surface area (TPSA) is 94.1 Å². The first-order valence-corrected chi connectivity index (χ1v) is 7.41. The predicted octanol–water partition coefficient (Wildman–Crippen LogP) is -0.667. The van der Waals surface area contributed by atoms with Gasteiger partial charge in [0, 0.05) is 19.6 Å². The summed E-state index contributed by atoms with van der Waals surface area (Å²) < 4.78 is 26.2. The third-order valence-electron chi connectivity index (χ3n) is 2.97. The number of nitrogens with zero attached hydrogens (tertiary/aromatic N) is 4. The summed E-state index contributed by atoms with van der Waals surface area (Å²) in [4.78, 5) is 0. The van der Waals surface area contributed by atoms with Gasteiger partial charge in [0.15, 0.2) is 0 Å². The first-order chi connectivity index (χ1) is 8.00. The fourth-order valence-corrected chi connectivity index (χ4v) is 2.93. The fourth-order valence-electron chi connectivity index (χ4n) is 2.02. The quantitative estimate of drug-likeness (QED) is 0.777. The van der Waals surface area contributed by atoms with E-state index in [1.165, 1.54) is 10.6 Å². The smallest absolute Gasteiger partial charge is 0.211 e. The average Bonchev–Trinajstić information content (AvgIpc) is 2.76. The molecule has 2 N–H and O–H groups in total. The van der Waals surface area contributed by atoms with Crippen LogP contribution in [-0.4, -0.2) is 47.1 Å². The van der Waals surface area contributed by atoms with Crippen LogP contribution in [-0.2, 0) is 16.6 Å². The van der Waals surface area contributed by atoms with Gasteiger partial charge in [-0.1, -0.05) is 5.21 Å². The Morgan fingerprint density at radius 1 is 1.59 bits per heavy atom. The highest BCUT2D eigenvalue weighted by Crippen LogP contribution is 2.22. The first kappa shape index (κ1) is 12.5. The Hall–Kier alpha value is -0.990. The van der Waals surface area contributed by atoms with Crippen molar-refractivity contribution in [2.45, 2.75) is 25.4 Å². The van der Waals surface area contributed by atoms with Gasteiger partial charge in [-0.3, -0.25) is 0 Å². The number of nitrogens with two attached hydrogens (primary N) is 1. The largest absolute Gasteiger partial charge is 0.325 e. The molecule has 0 saturated carbocycles. The molecular weight excluding hydrogens is 242 g/mol. The summed E-state index contributed by atoms with van der Waals surface area (Å²) in [5.41, 5.74) is 6.19. The van der Waals surface area contributed by atoms with Gasteiger partial charge < -0.3 is 5.73 Å². The summed E-state index contributed by atoms with van der Waals surface area (Å²) in [7, 11) is -3.12. The highest BCUT2D eigenvalue weighted by molar-refractivity contribution is 7.88. The molecule has 8 heteroatoms. The lowest BCUT2D eigenvalue weighted by Crippen LogP contribution is -2.40. The molecule has 17 heavy (non-hydrogen) atoms. The summed E-state index contributed by atoms with van der Waals surface area (Å²) in [5.74, 6) is 0. The Kier molecular flexibility index (Phi) is 3.45. The van der Waals surface area contributed by atoms with Crippen LogP contribution in [0.5, 0.6) is 0 Å². The second-order valence-corrected chi connectivity index (χ2v) is 6.29. The van der Waals surface area contributed by atoms with Crippen molar-refractivity contribution in [2.24, 2.45) is 5.73 Å². The normalized spacial score (nSPS) is 22.8. The van der Waals surface area contributed by atoms with Crippen molar-refractivity contribution in [1.82, 2.24) is 19.3 Å². The Labute approximate surface area is 101 Å². The van der Waals surface area contributed by atoms with Gasteiger partial charge in [0.05, 0.1) is 24.2 Å². The Morgan fingerprint density at radius 3 is 2.94 bits per heavy atom. The van der Waals surface area contributed by atoms with Crippen LogP contribution >= 0.6 is 0 Å². The highest BCUT2D eigenvalue weighted by atomic mass is 32.2. The monoisotopic (exact) mass is 259 g/mol. The zero-order valence-electron chi connectivity index (χ0n) is 9.78. The maximum absolute atomic E-state index is 11.5. The van der Waals surface area contributed by atoms with Crippen LogP contribution in [0.25, 0.3) is 0 Å². The second kappa shape index (κ2) is 4.71. The maximum atomic E-state index is 11.5. The van der Waals surface area contributed by atoms with E-state index in [-0.39, 0.29) is 6.04 Å². The van der Waals surface area contributed by atoms with Crippen molar-refractivity contribution < 1.29 is 8.42 Å². The second-order valence-electron chi connectivity index (χ2n) is 4.31. The van der Waals surface area contributed by atoms with Gasteiger partial charge >= 0.3 is 0 Å². The van der Waals surface area contributed by atoms with E-state index >= 15 is 0 Å². The number of rotatable bonds is 3. The summed E-state index contributed by atoms with van der Waals surface area (Å²) in [6, 6.07) is 0.0614. The Morgan fingerprint density at radius 2 is 2.35 bits per heavy atom. The fraction of sp³-hybridized carbons (Fsp3) is 0.778. The molecule has 1 saturated heterocycles. The van der Waals surface area contributed by atoms with E-state index in [1.807, 2.05) is 0 Å². The Bertz CT molecular complexity index is 483. The zero-order chi connectivity index (χ0) is 12.5. The number of piperidine rings is 1. The van der Waals surface area contributed by atoms with Crippen LogP contribution < -0.4 is 5.73 Å². The summed E-state index contributed by atoms with van der Waals surface area (Å²) in [6.07, 6.45) is 4.79. The molecule has 7 nitrogen and oxygen atoms in total. The van der Waals surface area contributed by atoms with Gasteiger partial charge in [-0.2, -0.15) is 0 Å². The number of hydrogen-bond acceptors (Lipinski definition) is 5. The lowest BCUT2D eigenvalue weighted by Gasteiger charge is -2.30. The minimum absolute atomic E-state index is 0.0614. The van der Waals surface area contributed by atoms with Crippen molar-refractivity contribution in [2.75, 3.05) is 19.3 Å². The molecule has 1 aliphatic rings. The molecular formula is C9H17N5O2S. The van der Waals surface area contributed by atoms with E-state index in [2.05, 4.69) is 10.3 Å². The molecule has 0 aliphatic carbocycles. The summed E-state index contributed by atoms with van der Waals surface area (Å²) in [5, 5.41) is 7.91. The van der Waals surface area contributed by atoms with Crippen LogP contribution in [0.4, 0.5) is 0 Å². The van der Waals surface area contributed by atoms with Crippen LogP contribution in [0.1, 0.15) is 24.6 Å². The molecule has 96 valence electrons. The third kappa shape index (κ3) is 2.82. The Balaban J connectivity index is 2.12.